The zero-order valence-electron chi connectivity index (χ0n) is 13.9. The monoisotopic (exact) mass is 324 g/mol. The SMILES string of the molecule is CC(C)(C)OC(=O)N1CCC(O)(C(N)c2ccccc2F)CC1. The minimum atomic E-state index is -1.24. The maximum absolute atomic E-state index is 13.9. The fourth-order valence-electron chi connectivity index (χ4n) is 2.73. The summed E-state index contributed by atoms with van der Waals surface area (Å²) in [5, 5.41) is 10.8. The van der Waals surface area contributed by atoms with Gasteiger partial charge in [-0.2, -0.15) is 0 Å². The summed E-state index contributed by atoms with van der Waals surface area (Å²) in [6.45, 7) is 6.07. The molecule has 0 spiro atoms. The summed E-state index contributed by atoms with van der Waals surface area (Å²) in [7, 11) is 0. The molecule has 1 amide bonds. The first kappa shape index (κ1) is 17.7. The highest BCUT2D eigenvalue weighted by molar-refractivity contribution is 5.68. The molecule has 0 radical (unpaired) electrons. The molecule has 0 aliphatic carbocycles. The maximum atomic E-state index is 13.9. The van der Waals surface area contributed by atoms with Gasteiger partial charge in [0.1, 0.15) is 11.4 Å². The number of hydrogen-bond acceptors (Lipinski definition) is 4. The van der Waals surface area contributed by atoms with Crippen LogP contribution in [0.2, 0.25) is 0 Å². The first-order valence-electron chi connectivity index (χ1n) is 7.83. The third-order valence-corrected chi connectivity index (χ3v) is 4.10. The van der Waals surface area contributed by atoms with Crippen LogP contribution in [0.25, 0.3) is 0 Å². The lowest BCUT2D eigenvalue weighted by Crippen LogP contribution is -2.52. The van der Waals surface area contributed by atoms with Crippen molar-refractivity contribution >= 4 is 6.09 Å². The van der Waals surface area contributed by atoms with Gasteiger partial charge in [0.25, 0.3) is 0 Å². The van der Waals surface area contributed by atoms with Gasteiger partial charge in [0, 0.05) is 18.7 Å². The second-order valence-corrected chi connectivity index (χ2v) is 7.07. The van der Waals surface area contributed by atoms with Crippen LogP contribution < -0.4 is 5.73 Å². The van der Waals surface area contributed by atoms with Crippen molar-refractivity contribution < 1.29 is 19.0 Å². The van der Waals surface area contributed by atoms with E-state index in [1.54, 1.807) is 43.9 Å². The molecular weight excluding hydrogens is 299 g/mol. The number of nitrogens with zero attached hydrogens (tertiary/aromatic N) is 1. The fourth-order valence-corrected chi connectivity index (χ4v) is 2.73. The van der Waals surface area contributed by atoms with Crippen molar-refractivity contribution in [2.45, 2.75) is 50.9 Å². The zero-order chi connectivity index (χ0) is 17.3. The Morgan fingerprint density at radius 2 is 1.91 bits per heavy atom. The van der Waals surface area contributed by atoms with E-state index in [4.69, 9.17) is 10.5 Å². The van der Waals surface area contributed by atoms with Gasteiger partial charge in [-0.15, -0.1) is 0 Å². The molecule has 1 aromatic carbocycles. The van der Waals surface area contributed by atoms with Crippen LogP contribution in [-0.4, -0.2) is 40.4 Å². The van der Waals surface area contributed by atoms with Gasteiger partial charge in [-0.1, -0.05) is 18.2 Å². The number of likely N-dealkylation sites (tertiary alicyclic amines) is 1. The number of carbonyl (C=O) groups is 1. The average molecular weight is 324 g/mol. The van der Waals surface area contributed by atoms with Crippen molar-refractivity contribution in [2.24, 2.45) is 5.73 Å². The number of aliphatic hydroxyl groups is 1. The first-order chi connectivity index (χ1) is 10.6. The molecule has 1 saturated heterocycles. The van der Waals surface area contributed by atoms with E-state index in [9.17, 15) is 14.3 Å². The Kier molecular flexibility index (Phi) is 4.96. The van der Waals surface area contributed by atoms with Gasteiger partial charge in [-0.05, 0) is 39.7 Å². The summed E-state index contributed by atoms with van der Waals surface area (Å²) in [5.74, 6) is -0.428. The van der Waals surface area contributed by atoms with Gasteiger partial charge >= 0.3 is 6.09 Å². The van der Waals surface area contributed by atoms with E-state index in [2.05, 4.69) is 0 Å². The Hall–Kier alpha value is -1.66. The van der Waals surface area contributed by atoms with Crippen molar-refractivity contribution in [3.8, 4) is 0 Å². The van der Waals surface area contributed by atoms with Crippen LogP contribution in [0.5, 0.6) is 0 Å². The van der Waals surface area contributed by atoms with E-state index in [0.717, 1.165) is 0 Å². The molecule has 1 aliphatic heterocycles. The molecule has 1 aromatic rings. The van der Waals surface area contributed by atoms with E-state index in [1.165, 1.54) is 6.07 Å². The molecule has 0 aromatic heterocycles. The lowest BCUT2D eigenvalue weighted by Gasteiger charge is -2.41. The molecule has 6 heteroatoms. The molecule has 1 unspecified atom stereocenters. The number of benzene rings is 1. The van der Waals surface area contributed by atoms with Crippen LogP contribution >= 0.6 is 0 Å². The highest BCUT2D eigenvalue weighted by Gasteiger charge is 2.41. The van der Waals surface area contributed by atoms with Gasteiger partial charge < -0.3 is 20.5 Å². The quantitative estimate of drug-likeness (QED) is 0.877. The maximum Gasteiger partial charge on any atom is 0.410 e. The Balaban J connectivity index is 2.02. The number of piperidine rings is 1. The standard InChI is InChI=1S/C17H25FN2O3/c1-16(2,3)23-15(21)20-10-8-17(22,9-11-20)14(19)12-6-4-5-7-13(12)18/h4-7,14,22H,8-11,19H2,1-3H3. The van der Waals surface area contributed by atoms with Crippen molar-refractivity contribution in [1.82, 2.24) is 4.90 Å². The van der Waals surface area contributed by atoms with Crippen LogP contribution in [0.1, 0.15) is 45.2 Å². The number of ether oxygens (including phenoxy) is 1. The van der Waals surface area contributed by atoms with Crippen molar-refractivity contribution in [3.63, 3.8) is 0 Å². The van der Waals surface area contributed by atoms with E-state index in [-0.39, 0.29) is 12.8 Å². The molecule has 3 N–H and O–H groups in total. The molecule has 0 saturated carbocycles. The molecular formula is C17H25FN2O3. The lowest BCUT2D eigenvalue weighted by atomic mass is 9.81. The van der Waals surface area contributed by atoms with E-state index in [0.29, 0.717) is 18.7 Å². The second-order valence-electron chi connectivity index (χ2n) is 7.07. The largest absolute Gasteiger partial charge is 0.444 e. The average Bonchev–Trinajstić information content (AvgIpc) is 2.46. The summed E-state index contributed by atoms with van der Waals surface area (Å²) < 4.78 is 19.2. The minimum Gasteiger partial charge on any atom is -0.444 e. The van der Waals surface area contributed by atoms with Crippen molar-refractivity contribution in [3.05, 3.63) is 35.6 Å². The minimum absolute atomic E-state index is 0.280. The highest BCUT2D eigenvalue weighted by atomic mass is 19.1. The van der Waals surface area contributed by atoms with E-state index >= 15 is 0 Å². The van der Waals surface area contributed by atoms with Crippen LogP contribution in [-0.2, 0) is 4.74 Å². The number of hydrogen-bond donors (Lipinski definition) is 2. The van der Waals surface area contributed by atoms with Crippen molar-refractivity contribution in [2.75, 3.05) is 13.1 Å². The lowest BCUT2D eigenvalue weighted by molar-refractivity contribution is -0.0482. The molecule has 0 bridgehead atoms. The van der Waals surface area contributed by atoms with Crippen LogP contribution in [0.15, 0.2) is 24.3 Å². The van der Waals surface area contributed by atoms with Crippen molar-refractivity contribution in [1.29, 1.82) is 0 Å². The third kappa shape index (κ3) is 4.20. The molecule has 1 fully saturated rings. The summed E-state index contributed by atoms with van der Waals surface area (Å²) in [5.41, 5.74) is 4.60. The molecule has 1 heterocycles. The van der Waals surface area contributed by atoms with Gasteiger partial charge in [0.2, 0.25) is 0 Å². The van der Waals surface area contributed by atoms with E-state index < -0.39 is 29.2 Å². The Labute approximate surface area is 136 Å². The normalized spacial score (nSPS) is 19.3. The molecule has 5 nitrogen and oxygen atoms in total. The molecule has 128 valence electrons. The second kappa shape index (κ2) is 6.45. The smallest absolute Gasteiger partial charge is 0.410 e. The van der Waals surface area contributed by atoms with Gasteiger partial charge in [-0.25, -0.2) is 9.18 Å². The van der Waals surface area contributed by atoms with Gasteiger partial charge in [0.05, 0.1) is 11.6 Å². The van der Waals surface area contributed by atoms with Gasteiger partial charge in [0.15, 0.2) is 0 Å². The Bertz CT molecular complexity index is 563. The number of halogens is 1. The topological polar surface area (TPSA) is 75.8 Å². The zero-order valence-corrected chi connectivity index (χ0v) is 13.9. The predicted molar refractivity (Wildman–Crippen MR) is 85.3 cm³/mol. The molecule has 1 aliphatic rings. The van der Waals surface area contributed by atoms with E-state index in [1.807, 2.05) is 0 Å². The molecule has 1 atom stereocenters. The number of rotatable bonds is 2. The van der Waals surface area contributed by atoms with Crippen LogP contribution in [0, 0.1) is 5.82 Å². The number of amides is 1. The predicted octanol–water partition coefficient (Wildman–Crippen LogP) is 2.59. The highest BCUT2D eigenvalue weighted by Crippen LogP contribution is 2.34. The number of nitrogens with two attached hydrogens (primary N) is 1. The Morgan fingerprint density at radius 1 is 1.35 bits per heavy atom. The summed E-state index contributed by atoms with van der Waals surface area (Å²) in [4.78, 5) is 13.6. The van der Waals surface area contributed by atoms with Crippen LogP contribution in [0.4, 0.5) is 9.18 Å². The third-order valence-electron chi connectivity index (χ3n) is 4.10. The summed E-state index contributed by atoms with van der Waals surface area (Å²) in [6.07, 6.45) is 0.155. The fraction of sp³-hybridized carbons (Fsp3) is 0.588. The summed E-state index contributed by atoms with van der Waals surface area (Å²) in [6, 6.07) is 5.36. The Morgan fingerprint density at radius 3 is 2.43 bits per heavy atom. The first-order valence-corrected chi connectivity index (χ1v) is 7.83. The van der Waals surface area contributed by atoms with Crippen LogP contribution in [0.3, 0.4) is 0 Å². The molecule has 23 heavy (non-hydrogen) atoms. The summed E-state index contributed by atoms with van der Waals surface area (Å²) >= 11 is 0. The molecule has 2 rings (SSSR count). The number of carbonyl (C=O) groups excluding carboxylic acids is 1. The van der Waals surface area contributed by atoms with Gasteiger partial charge in [-0.3, -0.25) is 0 Å².